The van der Waals surface area contributed by atoms with E-state index in [1.165, 1.54) is 70.6 Å². The third-order valence-corrected chi connectivity index (χ3v) is 11.8. The molecule has 356 valence electrons. The van der Waals surface area contributed by atoms with E-state index in [0.29, 0.717) is 19.3 Å². The van der Waals surface area contributed by atoms with Gasteiger partial charge in [0.25, 0.3) is 0 Å². The van der Waals surface area contributed by atoms with Crippen molar-refractivity contribution in [3.63, 3.8) is 0 Å². The average molecular weight is 863 g/mol. The quantitative estimate of drug-likeness (QED) is 0.0419. The fourth-order valence-corrected chi connectivity index (χ4v) is 7.61. The second-order valence-corrected chi connectivity index (χ2v) is 17.7. The fraction of sp³-hybridized carbons (Fsp3) is 0.719. The fourth-order valence-electron chi connectivity index (χ4n) is 7.61. The van der Waals surface area contributed by atoms with Crippen LogP contribution >= 0.6 is 0 Å². The van der Waals surface area contributed by atoms with Crippen molar-refractivity contribution in [1.29, 1.82) is 0 Å². The van der Waals surface area contributed by atoms with E-state index in [-0.39, 0.29) is 19.3 Å². The van der Waals surface area contributed by atoms with Crippen LogP contribution in [0, 0.1) is 0 Å². The predicted molar refractivity (Wildman–Crippen MR) is 270 cm³/mol. The highest BCUT2D eigenvalue weighted by Crippen LogP contribution is 2.28. The standard InChI is InChI=1S/C57H98O5/c1-4-7-10-13-16-19-22-25-28-31-34-37-40-43-46-49-52-57(62,55(60)53(58)50-47-44-41-38-35-32-29-26-23-20-17-14-11-8-5-2)56(61)54(59)51-48-45-42-39-36-33-30-27-24-21-18-15-12-9-6-3/h16-21,25-30,34,37,55-56,60-62H,4-15,22-24,31-33,35-36,38-52H2,1-3H3/b19-16-,20-17-,21-18-,28-25-,29-26-,30-27-,37-34-. The summed E-state index contributed by atoms with van der Waals surface area (Å²) in [6, 6.07) is 0. The Morgan fingerprint density at radius 2 is 0.597 bits per heavy atom. The molecule has 5 nitrogen and oxygen atoms in total. The number of hydrogen-bond donors (Lipinski definition) is 3. The summed E-state index contributed by atoms with van der Waals surface area (Å²) in [5.41, 5.74) is -2.17. The Bertz CT molecular complexity index is 1160. The van der Waals surface area contributed by atoms with Crippen LogP contribution in [0.15, 0.2) is 85.1 Å². The summed E-state index contributed by atoms with van der Waals surface area (Å²) in [5, 5.41) is 34.3. The zero-order valence-corrected chi connectivity index (χ0v) is 40.6. The summed E-state index contributed by atoms with van der Waals surface area (Å²) in [7, 11) is 0. The van der Waals surface area contributed by atoms with Crippen LogP contribution in [0.25, 0.3) is 0 Å². The van der Waals surface area contributed by atoms with Gasteiger partial charge in [0, 0.05) is 12.8 Å². The smallest absolute Gasteiger partial charge is 0.164 e. The van der Waals surface area contributed by atoms with Gasteiger partial charge in [-0.3, -0.25) is 9.59 Å². The Labute approximate surface area is 383 Å². The second kappa shape index (κ2) is 46.4. The van der Waals surface area contributed by atoms with Crippen molar-refractivity contribution in [3.05, 3.63) is 85.1 Å². The van der Waals surface area contributed by atoms with Gasteiger partial charge >= 0.3 is 0 Å². The summed E-state index contributed by atoms with van der Waals surface area (Å²) < 4.78 is 0. The zero-order valence-electron chi connectivity index (χ0n) is 40.6. The van der Waals surface area contributed by atoms with Gasteiger partial charge in [-0.05, 0) is 122 Å². The van der Waals surface area contributed by atoms with E-state index < -0.39 is 29.4 Å². The lowest BCUT2D eigenvalue weighted by atomic mass is 9.79. The van der Waals surface area contributed by atoms with Crippen LogP contribution < -0.4 is 0 Å². The van der Waals surface area contributed by atoms with Gasteiger partial charge in [-0.25, -0.2) is 0 Å². The lowest BCUT2D eigenvalue weighted by molar-refractivity contribution is -0.174. The van der Waals surface area contributed by atoms with Gasteiger partial charge in [-0.2, -0.15) is 0 Å². The molecule has 0 aromatic heterocycles. The van der Waals surface area contributed by atoms with Crippen LogP contribution in [0.4, 0.5) is 0 Å². The van der Waals surface area contributed by atoms with Gasteiger partial charge < -0.3 is 15.3 Å². The molecular formula is C57H98O5. The summed E-state index contributed by atoms with van der Waals surface area (Å²) >= 11 is 0. The first-order valence-corrected chi connectivity index (χ1v) is 26.0. The molecular weight excluding hydrogens is 765 g/mol. The Hall–Kier alpha value is -2.60. The molecule has 0 aliphatic carbocycles. The van der Waals surface area contributed by atoms with Crippen molar-refractivity contribution in [1.82, 2.24) is 0 Å². The van der Waals surface area contributed by atoms with Gasteiger partial charge in [0.1, 0.15) is 17.8 Å². The SMILES string of the molecule is CCCCC/C=C\C/C=C\C/C=C\CCCCCC(O)(C(O)C(=O)CCCCCCC/C=C\C/C=C\CCCCC)C(O)C(=O)CCCCCCC/C=C\C/C=C\CCCCC. The minimum absolute atomic E-state index is 0.00948. The van der Waals surface area contributed by atoms with Crippen LogP contribution in [-0.4, -0.2) is 44.7 Å². The van der Waals surface area contributed by atoms with Gasteiger partial charge in [0.05, 0.1) is 0 Å². The number of Topliss-reactive ketones (excluding diaryl/α,β-unsaturated/α-hetero) is 2. The lowest BCUT2D eigenvalue weighted by Crippen LogP contribution is -2.58. The van der Waals surface area contributed by atoms with E-state index in [1.54, 1.807) is 0 Å². The van der Waals surface area contributed by atoms with Crippen LogP contribution in [0.3, 0.4) is 0 Å². The molecule has 0 heterocycles. The molecule has 0 bridgehead atoms. The Balaban J connectivity index is 4.83. The van der Waals surface area contributed by atoms with E-state index in [2.05, 4.69) is 106 Å². The average Bonchev–Trinajstić information content (AvgIpc) is 3.28. The highest BCUT2D eigenvalue weighted by atomic mass is 16.4. The Kier molecular flexibility index (Phi) is 44.4. The highest BCUT2D eigenvalue weighted by Gasteiger charge is 2.48. The summed E-state index contributed by atoms with van der Waals surface area (Å²) in [6.07, 6.45) is 61.4. The molecule has 5 heteroatoms. The van der Waals surface area contributed by atoms with Crippen LogP contribution in [0.1, 0.15) is 245 Å². The number of carbonyl (C=O) groups is 2. The zero-order chi connectivity index (χ0) is 45.5. The first kappa shape index (κ1) is 59.4. The second-order valence-electron chi connectivity index (χ2n) is 17.7. The third kappa shape index (κ3) is 36.8. The van der Waals surface area contributed by atoms with Gasteiger partial charge in [0.2, 0.25) is 0 Å². The third-order valence-electron chi connectivity index (χ3n) is 11.8. The monoisotopic (exact) mass is 863 g/mol. The van der Waals surface area contributed by atoms with Crippen molar-refractivity contribution in [2.24, 2.45) is 0 Å². The molecule has 0 fully saturated rings. The van der Waals surface area contributed by atoms with Crippen molar-refractivity contribution in [2.45, 2.75) is 263 Å². The normalized spacial score (nSPS) is 14.6. The van der Waals surface area contributed by atoms with Crippen LogP contribution in [-0.2, 0) is 9.59 Å². The molecule has 0 aliphatic rings. The molecule has 62 heavy (non-hydrogen) atoms. The maximum atomic E-state index is 13.3. The summed E-state index contributed by atoms with van der Waals surface area (Å²) in [6.45, 7) is 6.69. The molecule has 2 atom stereocenters. The minimum Gasteiger partial charge on any atom is -0.383 e. The minimum atomic E-state index is -2.17. The number of aliphatic hydroxyl groups excluding tert-OH is 2. The van der Waals surface area contributed by atoms with Crippen molar-refractivity contribution < 1.29 is 24.9 Å². The van der Waals surface area contributed by atoms with Gasteiger partial charge in [-0.1, -0.05) is 196 Å². The van der Waals surface area contributed by atoms with E-state index >= 15 is 0 Å². The summed E-state index contributed by atoms with van der Waals surface area (Å²) in [5.74, 6) is -0.963. The molecule has 2 unspecified atom stereocenters. The van der Waals surface area contributed by atoms with Crippen LogP contribution in [0.2, 0.25) is 0 Å². The Morgan fingerprint density at radius 3 is 0.903 bits per heavy atom. The van der Waals surface area contributed by atoms with E-state index in [1.807, 2.05) is 0 Å². The Morgan fingerprint density at radius 1 is 0.355 bits per heavy atom. The molecule has 0 spiro atoms. The van der Waals surface area contributed by atoms with Crippen molar-refractivity contribution in [2.75, 3.05) is 0 Å². The predicted octanol–water partition coefficient (Wildman–Crippen LogP) is 16.2. The molecule has 0 aliphatic heterocycles. The number of allylic oxidation sites excluding steroid dienone is 14. The van der Waals surface area contributed by atoms with E-state index in [9.17, 15) is 24.9 Å². The number of carbonyl (C=O) groups excluding carboxylic acids is 2. The molecule has 0 saturated heterocycles. The molecule has 3 N–H and O–H groups in total. The van der Waals surface area contributed by atoms with Crippen LogP contribution in [0.5, 0.6) is 0 Å². The molecule has 0 aromatic carbocycles. The molecule has 0 rings (SSSR count). The first-order chi connectivity index (χ1) is 30.3. The van der Waals surface area contributed by atoms with Crippen molar-refractivity contribution in [3.8, 4) is 0 Å². The van der Waals surface area contributed by atoms with E-state index in [0.717, 1.165) is 116 Å². The van der Waals surface area contributed by atoms with Crippen molar-refractivity contribution >= 4 is 11.6 Å². The van der Waals surface area contributed by atoms with Gasteiger partial charge in [-0.15, -0.1) is 0 Å². The van der Waals surface area contributed by atoms with E-state index in [4.69, 9.17) is 0 Å². The molecule has 0 aromatic rings. The maximum absolute atomic E-state index is 13.3. The topological polar surface area (TPSA) is 94.8 Å². The number of hydrogen-bond acceptors (Lipinski definition) is 5. The number of rotatable bonds is 46. The highest BCUT2D eigenvalue weighted by molar-refractivity contribution is 5.88. The molecule has 0 saturated carbocycles. The maximum Gasteiger partial charge on any atom is 0.164 e. The van der Waals surface area contributed by atoms with Gasteiger partial charge in [0.15, 0.2) is 11.6 Å². The lowest BCUT2D eigenvalue weighted by Gasteiger charge is -2.36. The number of aliphatic hydroxyl groups is 3. The largest absolute Gasteiger partial charge is 0.383 e. The first-order valence-electron chi connectivity index (χ1n) is 26.0. The molecule has 0 amide bonds. The number of ketones is 2. The number of unbranched alkanes of at least 4 members (excludes halogenated alkanes) is 22. The summed E-state index contributed by atoms with van der Waals surface area (Å²) in [4.78, 5) is 26.5. The molecule has 0 radical (unpaired) electrons.